The SMILES string of the molecule is Cc1cccnc1NC(=O)CCc1ccc(Cl)cc1. The zero-order valence-electron chi connectivity index (χ0n) is 10.7. The van der Waals surface area contributed by atoms with Crippen molar-refractivity contribution in [3.05, 3.63) is 58.7 Å². The molecule has 1 amide bonds. The second-order valence-corrected chi connectivity index (χ2v) is 4.78. The summed E-state index contributed by atoms with van der Waals surface area (Å²) in [6.07, 6.45) is 2.79. The van der Waals surface area contributed by atoms with Crippen molar-refractivity contribution in [1.82, 2.24) is 4.98 Å². The number of carbonyl (C=O) groups excluding carboxylic acids is 1. The van der Waals surface area contributed by atoms with Crippen LogP contribution in [-0.4, -0.2) is 10.9 Å². The molecule has 0 atom stereocenters. The Kier molecular flexibility index (Phi) is 4.53. The van der Waals surface area contributed by atoms with Crippen LogP contribution in [0.2, 0.25) is 5.02 Å². The first-order chi connectivity index (χ1) is 9.15. The Morgan fingerprint density at radius 3 is 2.68 bits per heavy atom. The van der Waals surface area contributed by atoms with Gasteiger partial charge in [-0.3, -0.25) is 4.79 Å². The molecule has 2 rings (SSSR count). The van der Waals surface area contributed by atoms with Crippen LogP contribution < -0.4 is 5.32 Å². The van der Waals surface area contributed by atoms with E-state index in [9.17, 15) is 4.79 Å². The van der Waals surface area contributed by atoms with Crippen molar-refractivity contribution >= 4 is 23.3 Å². The van der Waals surface area contributed by atoms with Gasteiger partial charge in [0.2, 0.25) is 5.91 Å². The lowest BCUT2D eigenvalue weighted by molar-refractivity contribution is -0.116. The monoisotopic (exact) mass is 274 g/mol. The summed E-state index contributed by atoms with van der Waals surface area (Å²) in [7, 11) is 0. The number of aromatic nitrogens is 1. The quantitative estimate of drug-likeness (QED) is 0.925. The fourth-order valence-corrected chi connectivity index (χ4v) is 1.85. The highest BCUT2D eigenvalue weighted by molar-refractivity contribution is 6.30. The summed E-state index contributed by atoms with van der Waals surface area (Å²) in [6.45, 7) is 1.92. The van der Waals surface area contributed by atoms with Crippen molar-refractivity contribution < 1.29 is 4.79 Å². The molecule has 1 aromatic carbocycles. The summed E-state index contributed by atoms with van der Waals surface area (Å²) in [5.41, 5.74) is 2.06. The van der Waals surface area contributed by atoms with Gasteiger partial charge >= 0.3 is 0 Å². The Bertz CT molecular complexity index is 567. The molecule has 0 unspecified atom stereocenters. The minimum atomic E-state index is -0.0308. The number of rotatable bonds is 4. The standard InChI is InChI=1S/C15H15ClN2O/c1-11-3-2-10-17-15(11)18-14(19)9-6-12-4-7-13(16)8-5-12/h2-5,7-8,10H,6,9H2,1H3,(H,17,18,19). The number of benzene rings is 1. The number of pyridine rings is 1. The summed E-state index contributed by atoms with van der Waals surface area (Å²) >= 11 is 5.81. The van der Waals surface area contributed by atoms with E-state index in [1.807, 2.05) is 43.3 Å². The Hall–Kier alpha value is -1.87. The van der Waals surface area contributed by atoms with Gasteiger partial charge in [0.15, 0.2) is 0 Å². The number of anilines is 1. The molecule has 0 bridgehead atoms. The van der Waals surface area contributed by atoms with E-state index in [2.05, 4.69) is 10.3 Å². The average molecular weight is 275 g/mol. The van der Waals surface area contributed by atoms with E-state index in [0.29, 0.717) is 23.7 Å². The molecule has 0 aliphatic rings. The number of amides is 1. The predicted molar refractivity (Wildman–Crippen MR) is 77.4 cm³/mol. The van der Waals surface area contributed by atoms with Crippen molar-refractivity contribution in [2.45, 2.75) is 19.8 Å². The molecule has 0 spiro atoms. The summed E-state index contributed by atoms with van der Waals surface area (Å²) in [5.74, 6) is 0.598. The summed E-state index contributed by atoms with van der Waals surface area (Å²) < 4.78 is 0. The largest absolute Gasteiger partial charge is 0.310 e. The van der Waals surface area contributed by atoms with Crippen molar-refractivity contribution in [1.29, 1.82) is 0 Å². The second kappa shape index (κ2) is 6.34. The Labute approximate surface area is 117 Å². The molecule has 0 saturated heterocycles. The third kappa shape index (κ3) is 4.07. The molecule has 19 heavy (non-hydrogen) atoms. The molecule has 4 heteroatoms. The molecular weight excluding hydrogens is 260 g/mol. The fourth-order valence-electron chi connectivity index (χ4n) is 1.72. The zero-order chi connectivity index (χ0) is 13.7. The first kappa shape index (κ1) is 13.6. The third-order valence-electron chi connectivity index (χ3n) is 2.82. The normalized spacial score (nSPS) is 10.2. The maximum atomic E-state index is 11.8. The lowest BCUT2D eigenvalue weighted by Crippen LogP contribution is -2.14. The van der Waals surface area contributed by atoms with E-state index in [1.54, 1.807) is 6.20 Å². The minimum absolute atomic E-state index is 0.0308. The topological polar surface area (TPSA) is 42.0 Å². The first-order valence-electron chi connectivity index (χ1n) is 6.11. The highest BCUT2D eigenvalue weighted by Crippen LogP contribution is 2.12. The Balaban J connectivity index is 1.88. The number of halogens is 1. The van der Waals surface area contributed by atoms with Gasteiger partial charge < -0.3 is 5.32 Å². The molecule has 0 aliphatic carbocycles. The number of nitrogens with zero attached hydrogens (tertiary/aromatic N) is 1. The van der Waals surface area contributed by atoms with E-state index in [4.69, 9.17) is 11.6 Å². The van der Waals surface area contributed by atoms with Gasteiger partial charge in [-0.05, 0) is 42.7 Å². The van der Waals surface area contributed by atoms with Gasteiger partial charge in [0.1, 0.15) is 5.82 Å². The van der Waals surface area contributed by atoms with E-state index in [0.717, 1.165) is 11.1 Å². The van der Waals surface area contributed by atoms with Crippen LogP contribution >= 0.6 is 11.6 Å². The molecule has 2 aromatic rings. The van der Waals surface area contributed by atoms with Gasteiger partial charge in [0.05, 0.1) is 0 Å². The van der Waals surface area contributed by atoms with Crippen LogP contribution in [-0.2, 0) is 11.2 Å². The summed E-state index contributed by atoms with van der Waals surface area (Å²) in [5, 5.41) is 3.52. The van der Waals surface area contributed by atoms with Crippen LogP contribution in [0.3, 0.4) is 0 Å². The predicted octanol–water partition coefficient (Wildman–Crippen LogP) is 3.61. The fraction of sp³-hybridized carbons (Fsp3) is 0.200. The number of hydrogen-bond acceptors (Lipinski definition) is 2. The average Bonchev–Trinajstić information content (AvgIpc) is 2.41. The van der Waals surface area contributed by atoms with Crippen molar-refractivity contribution in [2.24, 2.45) is 0 Å². The van der Waals surface area contributed by atoms with E-state index >= 15 is 0 Å². The first-order valence-corrected chi connectivity index (χ1v) is 6.49. The van der Waals surface area contributed by atoms with Crippen molar-refractivity contribution in [3.63, 3.8) is 0 Å². The van der Waals surface area contributed by atoms with Gasteiger partial charge in [0.25, 0.3) is 0 Å². The molecule has 98 valence electrons. The maximum Gasteiger partial charge on any atom is 0.225 e. The zero-order valence-corrected chi connectivity index (χ0v) is 11.4. The highest BCUT2D eigenvalue weighted by atomic mass is 35.5. The van der Waals surface area contributed by atoms with Crippen LogP contribution in [0.15, 0.2) is 42.6 Å². The van der Waals surface area contributed by atoms with Crippen LogP contribution in [0, 0.1) is 6.92 Å². The second-order valence-electron chi connectivity index (χ2n) is 4.34. The van der Waals surface area contributed by atoms with Crippen LogP contribution in [0.4, 0.5) is 5.82 Å². The van der Waals surface area contributed by atoms with E-state index in [1.165, 1.54) is 0 Å². The molecule has 1 aromatic heterocycles. The third-order valence-corrected chi connectivity index (χ3v) is 3.07. The molecular formula is C15H15ClN2O. The number of hydrogen-bond donors (Lipinski definition) is 1. The minimum Gasteiger partial charge on any atom is -0.310 e. The summed E-state index contributed by atoms with van der Waals surface area (Å²) in [4.78, 5) is 16.0. The van der Waals surface area contributed by atoms with Crippen molar-refractivity contribution in [3.8, 4) is 0 Å². The molecule has 0 fully saturated rings. The smallest absolute Gasteiger partial charge is 0.225 e. The highest BCUT2D eigenvalue weighted by Gasteiger charge is 2.05. The Morgan fingerprint density at radius 2 is 2.00 bits per heavy atom. The number of nitrogens with one attached hydrogen (secondary N) is 1. The van der Waals surface area contributed by atoms with Gasteiger partial charge in [0, 0.05) is 17.6 Å². The van der Waals surface area contributed by atoms with Gasteiger partial charge in [-0.15, -0.1) is 0 Å². The molecule has 1 heterocycles. The van der Waals surface area contributed by atoms with Gasteiger partial charge in [-0.2, -0.15) is 0 Å². The van der Waals surface area contributed by atoms with Crippen LogP contribution in [0.25, 0.3) is 0 Å². The van der Waals surface area contributed by atoms with E-state index in [-0.39, 0.29) is 5.91 Å². The van der Waals surface area contributed by atoms with E-state index < -0.39 is 0 Å². The van der Waals surface area contributed by atoms with Crippen LogP contribution in [0.1, 0.15) is 17.5 Å². The lowest BCUT2D eigenvalue weighted by atomic mass is 10.1. The number of aryl methyl sites for hydroxylation is 2. The Morgan fingerprint density at radius 1 is 1.26 bits per heavy atom. The van der Waals surface area contributed by atoms with Crippen molar-refractivity contribution in [2.75, 3.05) is 5.32 Å². The summed E-state index contributed by atoms with van der Waals surface area (Å²) in [6, 6.07) is 11.3. The number of carbonyl (C=O) groups is 1. The molecule has 0 radical (unpaired) electrons. The van der Waals surface area contributed by atoms with Gasteiger partial charge in [-0.25, -0.2) is 4.98 Å². The maximum absolute atomic E-state index is 11.8. The molecule has 1 N–H and O–H groups in total. The molecule has 0 saturated carbocycles. The van der Waals surface area contributed by atoms with Crippen LogP contribution in [0.5, 0.6) is 0 Å². The molecule has 0 aliphatic heterocycles. The molecule has 3 nitrogen and oxygen atoms in total. The lowest BCUT2D eigenvalue weighted by Gasteiger charge is -2.06. The van der Waals surface area contributed by atoms with Gasteiger partial charge in [-0.1, -0.05) is 29.8 Å².